The molecule has 0 aromatic carbocycles. The van der Waals surface area contributed by atoms with Crippen molar-refractivity contribution in [3.8, 4) is 0 Å². The maximum Gasteiger partial charge on any atom is 0.265 e. The summed E-state index contributed by atoms with van der Waals surface area (Å²) in [6.07, 6.45) is 2.73. The smallest absolute Gasteiger partial charge is 0.265 e. The van der Waals surface area contributed by atoms with Gasteiger partial charge in [-0.3, -0.25) is 19.3 Å². The minimum atomic E-state index is -0.170. The number of nitrogens with one attached hydrogen (secondary N) is 2. The Balaban J connectivity index is 1.58. The van der Waals surface area contributed by atoms with Crippen LogP contribution >= 0.6 is 11.8 Å². The van der Waals surface area contributed by atoms with Gasteiger partial charge < -0.3 is 10.1 Å². The largest absolute Gasteiger partial charge is 0.379 e. The van der Waals surface area contributed by atoms with E-state index in [4.69, 9.17) is 4.74 Å². The van der Waals surface area contributed by atoms with E-state index in [9.17, 15) is 9.59 Å². The van der Waals surface area contributed by atoms with E-state index in [1.54, 1.807) is 4.57 Å². The quantitative estimate of drug-likeness (QED) is 0.572. The van der Waals surface area contributed by atoms with Crippen molar-refractivity contribution in [2.24, 2.45) is 0 Å². The number of carbonyl (C=O) groups excluding carboxylic acids is 1. The third kappa shape index (κ3) is 3.62. The number of thioether (sulfide) groups is 1. The number of H-pyrrole nitrogens is 1. The van der Waals surface area contributed by atoms with Crippen molar-refractivity contribution in [3.05, 3.63) is 16.6 Å². The predicted octanol–water partition coefficient (Wildman–Crippen LogP) is 1.09. The Morgan fingerprint density at radius 1 is 1.58 bits per heavy atom. The molecule has 0 aliphatic carbocycles. The number of hydrogen-bond acceptors (Lipinski definition) is 6. The molecule has 1 aliphatic rings. The molecule has 0 spiro atoms. The van der Waals surface area contributed by atoms with E-state index in [-0.39, 0.29) is 30.0 Å². The lowest BCUT2D eigenvalue weighted by Crippen LogP contribution is -2.31. The topological polar surface area (TPSA) is 102 Å². The van der Waals surface area contributed by atoms with Gasteiger partial charge in [-0.2, -0.15) is 5.10 Å². The van der Waals surface area contributed by atoms with Crippen LogP contribution in [0.3, 0.4) is 0 Å². The number of carbonyl (C=O) groups is 1. The lowest BCUT2D eigenvalue weighted by molar-refractivity contribution is -0.121. The van der Waals surface area contributed by atoms with Gasteiger partial charge in [0.15, 0.2) is 10.8 Å². The standard InChI is InChI=1S/C15H21N5O3S/c1-9(2)23-5-3-4-16-12(21)6-10-8-24-15-18-13-11(7-17-19-13)14(22)20(10)15/h7,9-10H,3-6,8H2,1-2H3,(H,16,21)(H,17,19). The molecule has 0 saturated carbocycles. The van der Waals surface area contributed by atoms with Crippen LogP contribution in [0.2, 0.25) is 0 Å². The number of hydrogen-bond donors (Lipinski definition) is 2. The summed E-state index contributed by atoms with van der Waals surface area (Å²) in [4.78, 5) is 29.0. The Morgan fingerprint density at radius 2 is 2.42 bits per heavy atom. The summed E-state index contributed by atoms with van der Waals surface area (Å²) < 4.78 is 7.05. The van der Waals surface area contributed by atoms with Crippen molar-refractivity contribution in [1.82, 2.24) is 25.1 Å². The van der Waals surface area contributed by atoms with Crippen LogP contribution in [-0.2, 0) is 9.53 Å². The molecule has 1 aliphatic heterocycles. The molecule has 130 valence electrons. The number of amides is 1. The van der Waals surface area contributed by atoms with Crippen molar-refractivity contribution in [1.29, 1.82) is 0 Å². The van der Waals surface area contributed by atoms with Crippen LogP contribution in [0.1, 0.15) is 32.7 Å². The molecule has 0 radical (unpaired) electrons. The van der Waals surface area contributed by atoms with E-state index in [0.717, 1.165) is 6.42 Å². The van der Waals surface area contributed by atoms with E-state index in [0.29, 0.717) is 35.1 Å². The van der Waals surface area contributed by atoms with Crippen molar-refractivity contribution < 1.29 is 9.53 Å². The van der Waals surface area contributed by atoms with Crippen LogP contribution in [0.15, 0.2) is 16.1 Å². The highest BCUT2D eigenvalue weighted by molar-refractivity contribution is 7.99. The first kappa shape index (κ1) is 17.0. The fraction of sp³-hybridized carbons (Fsp3) is 0.600. The number of aromatic nitrogens is 4. The SMILES string of the molecule is CC(C)OCCCNC(=O)CC1CSc2nc3[nH]ncc3c(=O)n21. The second kappa shape index (κ2) is 7.35. The highest BCUT2D eigenvalue weighted by atomic mass is 32.2. The molecule has 0 fully saturated rings. The van der Waals surface area contributed by atoms with Crippen molar-refractivity contribution in [2.45, 2.75) is 44.0 Å². The molecule has 1 atom stereocenters. The minimum absolute atomic E-state index is 0.0582. The van der Waals surface area contributed by atoms with Crippen LogP contribution in [0.4, 0.5) is 0 Å². The molecule has 9 heteroatoms. The highest BCUT2D eigenvalue weighted by Crippen LogP contribution is 2.32. The van der Waals surface area contributed by atoms with Gasteiger partial charge in [-0.1, -0.05) is 11.8 Å². The van der Waals surface area contributed by atoms with Gasteiger partial charge in [0.05, 0.1) is 18.3 Å². The van der Waals surface area contributed by atoms with Gasteiger partial charge in [-0.15, -0.1) is 0 Å². The third-order valence-electron chi connectivity index (χ3n) is 3.77. The molecule has 8 nitrogen and oxygen atoms in total. The van der Waals surface area contributed by atoms with Crippen LogP contribution < -0.4 is 10.9 Å². The third-order valence-corrected chi connectivity index (χ3v) is 4.87. The molecule has 0 bridgehead atoms. The van der Waals surface area contributed by atoms with Crippen molar-refractivity contribution in [3.63, 3.8) is 0 Å². The van der Waals surface area contributed by atoms with Gasteiger partial charge in [0.1, 0.15) is 5.39 Å². The Bertz CT molecular complexity index is 785. The van der Waals surface area contributed by atoms with Gasteiger partial charge >= 0.3 is 0 Å². The number of rotatable bonds is 7. The maximum atomic E-state index is 12.5. The number of nitrogens with zero attached hydrogens (tertiary/aromatic N) is 3. The summed E-state index contributed by atoms with van der Waals surface area (Å²) in [6, 6.07) is -0.170. The zero-order valence-corrected chi connectivity index (χ0v) is 14.6. The first-order valence-electron chi connectivity index (χ1n) is 8.03. The second-order valence-electron chi connectivity index (χ2n) is 5.99. The van der Waals surface area contributed by atoms with Crippen molar-refractivity contribution in [2.75, 3.05) is 18.9 Å². The fourth-order valence-electron chi connectivity index (χ4n) is 2.61. The van der Waals surface area contributed by atoms with Crippen LogP contribution in [-0.4, -0.2) is 50.7 Å². The van der Waals surface area contributed by atoms with E-state index >= 15 is 0 Å². The summed E-state index contributed by atoms with van der Waals surface area (Å²) in [6.45, 7) is 5.17. The van der Waals surface area contributed by atoms with Crippen LogP contribution in [0, 0.1) is 0 Å². The number of fused-ring (bicyclic) bond motifs is 2. The van der Waals surface area contributed by atoms with Crippen LogP contribution in [0.25, 0.3) is 11.0 Å². The van der Waals surface area contributed by atoms with Gasteiger partial charge in [-0.05, 0) is 20.3 Å². The summed E-state index contributed by atoms with van der Waals surface area (Å²) in [7, 11) is 0. The summed E-state index contributed by atoms with van der Waals surface area (Å²) in [5.74, 6) is 0.615. The molecule has 1 amide bonds. The molecule has 2 aromatic heterocycles. The average Bonchev–Trinajstić information content (AvgIpc) is 3.14. The zero-order chi connectivity index (χ0) is 17.1. The van der Waals surface area contributed by atoms with Crippen molar-refractivity contribution >= 4 is 28.7 Å². The van der Waals surface area contributed by atoms with E-state index in [1.165, 1.54) is 18.0 Å². The molecular formula is C15H21N5O3S. The molecule has 1 unspecified atom stereocenters. The first-order valence-corrected chi connectivity index (χ1v) is 9.01. The summed E-state index contributed by atoms with van der Waals surface area (Å²) >= 11 is 1.49. The normalized spacial score (nSPS) is 16.7. The lowest BCUT2D eigenvalue weighted by atomic mass is 10.2. The first-order chi connectivity index (χ1) is 11.6. The second-order valence-corrected chi connectivity index (χ2v) is 6.98. The van der Waals surface area contributed by atoms with Gasteiger partial charge in [0.25, 0.3) is 5.56 Å². The van der Waals surface area contributed by atoms with Gasteiger partial charge in [0, 0.05) is 25.3 Å². The Labute approximate surface area is 143 Å². The molecular weight excluding hydrogens is 330 g/mol. The Kier molecular flexibility index (Phi) is 5.20. The number of aromatic amines is 1. The summed E-state index contributed by atoms with van der Waals surface area (Å²) in [5, 5.41) is 10.6. The molecule has 2 N–H and O–H groups in total. The zero-order valence-electron chi connectivity index (χ0n) is 13.7. The van der Waals surface area contributed by atoms with Gasteiger partial charge in [0.2, 0.25) is 5.91 Å². The Morgan fingerprint density at radius 3 is 3.21 bits per heavy atom. The fourth-order valence-corrected chi connectivity index (χ4v) is 3.75. The predicted molar refractivity (Wildman–Crippen MR) is 91.2 cm³/mol. The molecule has 24 heavy (non-hydrogen) atoms. The minimum Gasteiger partial charge on any atom is -0.379 e. The number of ether oxygens (including phenoxy) is 1. The Hall–Kier alpha value is -1.87. The average molecular weight is 351 g/mol. The molecule has 3 rings (SSSR count). The molecule has 0 saturated heterocycles. The lowest BCUT2D eigenvalue weighted by Gasteiger charge is -2.13. The monoisotopic (exact) mass is 351 g/mol. The summed E-state index contributed by atoms with van der Waals surface area (Å²) in [5.41, 5.74) is 0.353. The maximum absolute atomic E-state index is 12.5. The van der Waals surface area contributed by atoms with E-state index in [1.807, 2.05) is 13.8 Å². The van der Waals surface area contributed by atoms with Crippen LogP contribution in [0.5, 0.6) is 0 Å². The molecule has 3 heterocycles. The highest BCUT2D eigenvalue weighted by Gasteiger charge is 2.28. The van der Waals surface area contributed by atoms with E-state index in [2.05, 4.69) is 20.5 Å². The van der Waals surface area contributed by atoms with E-state index < -0.39 is 0 Å². The van der Waals surface area contributed by atoms with Gasteiger partial charge in [-0.25, -0.2) is 4.98 Å². The molecule has 2 aromatic rings.